The third-order valence-corrected chi connectivity index (χ3v) is 4.84. The zero-order valence-corrected chi connectivity index (χ0v) is 19.5. The molecule has 9 nitrogen and oxygen atoms in total. The molecule has 174 valence electrons. The molecule has 0 aromatic carbocycles. The van der Waals surface area contributed by atoms with E-state index in [1.54, 1.807) is 11.8 Å². The number of hydrogen-bond acceptors (Lipinski definition) is 8. The number of rotatable bonds is 16. The van der Waals surface area contributed by atoms with E-state index in [1.807, 2.05) is 25.7 Å². The fraction of sp³-hybridized carbons (Fsp3) is 0.800. The van der Waals surface area contributed by atoms with Gasteiger partial charge in [-0.25, -0.2) is 0 Å². The topological polar surface area (TPSA) is 111 Å². The van der Waals surface area contributed by atoms with Crippen molar-refractivity contribution in [1.82, 2.24) is 10.2 Å². The lowest BCUT2D eigenvalue weighted by molar-refractivity contribution is -0.159. The molecule has 0 saturated heterocycles. The first-order valence-corrected chi connectivity index (χ1v) is 11.3. The van der Waals surface area contributed by atoms with Crippen molar-refractivity contribution < 1.29 is 33.4 Å². The Kier molecular flexibility index (Phi) is 15.9. The molecule has 0 aromatic rings. The highest BCUT2D eigenvalue weighted by molar-refractivity contribution is 7.99. The maximum atomic E-state index is 11.9. The molecule has 1 N–H and O–H groups in total. The Hall–Kier alpha value is -1.81. The molecule has 10 heteroatoms. The van der Waals surface area contributed by atoms with E-state index in [0.29, 0.717) is 31.7 Å². The number of hydrogen-bond donors (Lipinski definition) is 1. The van der Waals surface area contributed by atoms with Crippen molar-refractivity contribution in [2.24, 2.45) is 0 Å². The Morgan fingerprint density at radius 3 is 2.30 bits per heavy atom. The van der Waals surface area contributed by atoms with Gasteiger partial charge in [-0.05, 0) is 13.8 Å². The van der Waals surface area contributed by atoms with E-state index in [0.717, 1.165) is 5.75 Å². The minimum absolute atomic E-state index is 0.0708. The average molecular weight is 449 g/mol. The predicted octanol–water partition coefficient (Wildman–Crippen LogP) is 1.38. The molecule has 0 aliphatic rings. The third-order valence-electron chi connectivity index (χ3n) is 3.87. The molecule has 1 atom stereocenters. The maximum absolute atomic E-state index is 11.9. The lowest BCUT2D eigenvalue weighted by Crippen LogP contribution is -2.38. The van der Waals surface area contributed by atoms with Gasteiger partial charge in [-0.1, -0.05) is 6.92 Å². The summed E-state index contributed by atoms with van der Waals surface area (Å²) < 4.78 is 15.2. The molecule has 0 bridgehead atoms. The largest absolute Gasteiger partial charge is 0.462 e. The van der Waals surface area contributed by atoms with Crippen LogP contribution in [0.15, 0.2) is 0 Å². The molecule has 1 unspecified atom stereocenters. The summed E-state index contributed by atoms with van der Waals surface area (Å²) in [5.41, 5.74) is 0. The number of nitrogens with one attached hydrogen (secondary N) is 1. The van der Waals surface area contributed by atoms with Crippen molar-refractivity contribution in [3.63, 3.8) is 0 Å². The Morgan fingerprint density at radius 2 is 1.73 bits per heavy atom. The van der Waals surface area contributed by atoms with Gasteiger partial charge in [-0.15, -0.1) is 0 Å². The van der Waals surface area contributed by atoms with Crippen LogP contribution >= 0.6 is 11.8 Å². The van der Waals surface area contributed by atoms with E-state index in [4.69, 9.17) is 14.2 Å². The van der Waals surface area contributed by atoms with Crippen LogP contribution < -0.4 is 5.32 Å². The van der Waals surface area contributed by atoms with Crippen LogP contribution in [0.3, 0.4) is 0 Å². The number of thioether (sulfide) groups is 1. The van der Waals surface area contributed by atoms with Crippen LogP contribution in [0.4, 0.5) is 0 Å². The normalized spacial score (nSPS) is 11.7. The summed E-state index contributed by atoms with van der Waals surface area (Å²) in [4.78, 5) is 47.5. The second-order valence-electron chi connectivity index (χ2n) is 6.86. The molecule has 0 fully saturated rings. The summed E-state index contributed by atoms with van der Waals surface area (Å²) in [6.07, 6.45) is 0.207. The number of ether oxygens (including phenoxy) is 3. The molecule has 0 radical (unpaired) electrons. The summed E-state index contributed by atoms with van der Waals surface area (Å²) in [5.74, 6) is 0.582. The van der Waals surface area contributed by atoms with Crippen molar-refractivity contribution >= 4 is 35.5 Å². The highest BCUT2D eigenvalue weighted by Crippen LogP contribution is 2.07. The summed E-state index contributed by atoms with van der Waals surface area (Å²) >= 11 is 1.64. The van der Waals surface area contributed by atoms with Crippen LogP contribution in [0.5, 0.6) is 0 Å². The Labute approximate surface area is 183 Å². The summed E-state index contributed by atoms with van der Waals surface area (Å²) in [5, 5.41) is 2.76. The first kappa shape index (κ1) is 28.2. The first-order valence-electron chi connectivity index (χ1n) is 10.2. The van der Waals surface area contributed by atoms with Crippen molar-refractivity contribution in [3.05, 3.63) is 0 Å². The summed E-state index contributed by atoms with van der Waals surface area (Å²) in [6, 6.07) is 0.177. The number of carbonyl (C=O) groups is 4. The molecule has 0 aromatic heterocycles. The van der Waals surface area contributed by atoms with Gasteiger partial charge in [0, 0.05) is 57.3 Å². The van der Waals surface area contributed by atoms with Gasteiger partial charge in [0.2, 0.25) is 11.8 Å². The first-order chi connectivity index (χ1) is 14.2. The van der Waals surface area contributed by atoms with Gasteiger partial charge in [0.05, 0.1) is 13.2 Å². The van der Waals surface area contributed by atoms with Crippen LogP contribution in [0.1, 0.15) is 47.5 Å². The Balaban J connectivity index is 3.87. The van der Waals surface area contributed by atoms with Crippen LogP contribution in [0.2, 0.25) is 0 Å². The molecule has 30 heavy (non-hydrogen) atoms. The van der Waals surface area contributed by atoms with Crippen molar-refractivity contribution in [1.29, 1.82) is 0 Å². The van der Waals surface area contributed by atoms with Crippen molar-refractivity contribution in [3.8, 4) is 0 Å². The van der Waals surface area contributed by atoms with Crippen LogP contribution in [-0.4, -0.2) is 85.2 Å². The number of nitrogens with zero attached hydrogens (tertiary/aromatic N) is 1. The second kappa shape index (κ2) is 16.9. The molecule has 0 aliphatic heterocycles. The van der Waals surface area contributed by atoms with Gasteiger partial charge < -0.3 is 24.4 Å². The SMILES string of the molecule is CCC(=O)N(CCSCCC(=O)NCCOCC(COC(C)=O)OC(C)=O)C(C)C. The standard InChI is InChI=1S/C20H36N2O7S/c1-6-20(26)22(15(2)3)9-12-30-11-7-19(25)21-8-10-27-13-18(29-17(5)24)14-28-16(4)23/h15,18H,6-14H2,1-5H3,(H,21,25). The van der Waals surface area contributed by atoms with E-state index >= 15 is 0 Å². The van der Waals surface area contributed by atoms with Gasteiger partial charge >= 0.3 is 11.9 Å². The second-order valence-corrected chi connectivity index (χ2v) is 8.08. The molecule has 2 amide bonds. The van der Waals surface area contributed by atoms with Crippen LogP contribution in [0.25, 0.3) is 0 Å². The fourth-order valence-corrected chi connectivity index (χ4v) is 3.29. The maximum Gasteiger partial charge on any atom is 0.303 e. The fourth-order valence-electron chi connectivity index (χ4n) is 2.43. The highest BCUT2D eigenvalue weighted by Gasteiger charge is 2.15. The van der Waals surface area contributed by atoms with E-state index in [1.165, 1.54) is 13.8 Å². The molecule has 0 rings (SSSR count). The lowest BCUT2D eigenvalue weighted by Gasteiger charge is -2.26. The number of esters is 2. The Bertz CT molecular complexity index is 543. The van der Waals surface area contributed by atoms with Gasteiger partial charge in [-0.3, -0.25) is 19.2 Å². The quantitative estimate of drug-likeness (QED) is 0.278. The third kappa shape index (κ3) is 15.1. The summed E-state index contributed by atoms with van der Waals surface area (Å²) in [6.45, 7) is 9.65. The molecule has 0 heterocycles. The number of amides is 2. The highest BCUT2D eigenvalue weighted by atomic mass is 32.2. The van der Waals surface area contributed by atoms with E-state index in [2.05, 4.69) is 5.32 Å². The zero-order valence-electron chi connectivity index (χ0n) is 18.7. The van der Waals surface area contributed by atoms with Gasteiger partial charge in [0.25, 0.3) is 0 Å². The molecule has 0 spiro atoms. The molecule has 0 aliphatic carbocycles. The van der Waals surface area contributed by atoms with E-state index in [-0.39, 0.29) is 37.7 Å². The predicted molar refractivity (Wildman–Crippen MR) is 115 cm³/mol. The monoisotopic (exact) mass is 448 g/mol. The minimum atomic E-state index is -0.677. The molecular formula is C20H36N2O7S. The van der Waals surface area contributed by atoms with E-state index < -0.39 is 18.0 Å². The molecular weight excluding hydrogens is 412 g/mol. The van der Waals surface area contributed by atoms with Crippen LogP contribution in [0, 0.1) is 0 Å². The van der Waals surface area contributed by atoms with Gasteiger partial charge in [0.15, 0.2) is 6.10 Å². The van der Waals surface area contributed by atoms with Crippen molar-refractivity contribution in [2.45, 2.75) is 59.6 Å². The lowest BCUT2D eigenvalue weighted by atomic mass is 10.3. The van der Waals surface area contributed by atoms with Gasteiger partial charge in [0.1, 0.15) is 6.61 Å². The Morgan fingerprint density at radius 1 is 1.03 bits per heavy atom. The zero-order chi connectivity index (χ0) is 22.9. The van der Waals surface area contributed by atoms with E-state index in [9.17, 15) is 19.2 Å². The number of carbonyl (C=O) groups excluding carboxylic acids is 4. The average Bonchev–Trinajstić information content (AvgIpc) is 2.66. The summed E-state index contributed by atoms with van der Waals surface area (Å²) in [7, 11) is 0. The minimum Gasteiger partial charge on any atom is -0.462 e. The van der Waals surface area contributed by atoms with Crippen LogP contribution in [-0.2, 0) is 33.4 Å². The molecule has 0 saturated carbocycles. The van der Waals surface area contributed by atoms with Gasteiger partial charge in [-0.2, -0.15) is 11.8 Å². The smallest absolute Gasteiger partial charge is 0.303 e. The van der Waals surface area contributed by atoms with Crippen molar-refractivity contribution in [2.75, 3.05) is 44.4 Å².